The molecule has 7 rings (SSSR count). The first-order chi connectivity index (χ1) is 25.6. The van der Waals surface area contributed by atoms with Gasteiger partial charge in [-0.3, -0.25) is 19.5 Å². The van der Waals surface area contributed by atoms with Crippen LogP contribution in [0.25, 0.3) is 22.2 Å². The van der Waals surface area contributed by atoms with Gasteiger partial charge in [-0.2, -0.15) is 0 Å². The van der Waals surface area contributed by atoms with E-state index < -0.39 is 11.9 Å². The number of rotatable bonds is 10. The smallest absolute Gasteiger partial charge is 0.323 e. The molecule has 0 bridgehead atoms. The number of nitrogens with one attached hydrogen (secondary N) is 1. The van der Waals surface area contributed by atoms with Gasteiger partial charge in [0.05, 0.1) is 36.0 Å². The fraction of sp³-hybridized carbons (Fsp3) is 0.349. The number of aromatic nitrogens is 2. The highest BCUT2D eigenvalue weighted by Gasteiger charge is 2.39. The molecule has 10 heteroatoms. The fourth-order valence-electron chi connectivity index (χ4n) is 7.01. The van der Waals surface area contributed by atoms with Crippen molar-refractivity contribution in [2.75, 3.05) is 13.1 Å². The fourth-order valence-corrected chi connectivity index (χ4v) is 7.01. The van der Waals surface area contributed by atoms with Gasteiger partial charge in [-0.1, -0.05) is 78.9 Å². The molecule has 2 saturated heterocycles. The summed E-state index contributed by atoms with van der Waals surface area (Å²) < 4.78 is 19.0. The van der Waals surface area contributed by atoms with Crippen molar-refractivity contribution in [3.8, 4) is 11.1 Å². The second-order valence-electron chi connectivity index (χ2n) is 14.8. The standard InChI is InChI=1S/C43H46N4O6/c1-43(2,3)53-41(50)38-12-7-21-47(38)26-34-23-39(31-15-13-28(27-48)14-16-31)52-42(51-34)32-19-17-30(18-20-32)33-9-6-8-29(22-33)24-45-40(49)37-25-44-35-10-4-5-11-36(35)46-37/h4-6,8-11,13-20,22,25,34,38-39,42,48H,7,12,21,23-24,26-27H2,1-3H3,(H,45,49). The molecule has 1 amide bonds. The summed E-state index contributed by atoms with van der Waals surface area (Å²) in [5, 5.41) is 12.6. The summed E-state index contributed by atoms with van der Waals surface area (Å²) in [5.41, 5.74) is 6.88. The highest BCUT2D eigenvalue weighted by Crippen LogP contribution is 2.39. The van der Waals surface area contributed by atoms with Crippen molar-refractivity contribution < 1.29 is 28.9 Å². The van der Waals surface area contributed by atoms with Crippen molar-refractivity contribution in [2.45, 2.75) is 83.3 Å². The number of esters is 1. The van der Waals surface area contributed by atoms with E-state index in [-0.39, 0.29) is 42.4 Å². The first-order valence-electron chi connectivity index (χ1n) is 18.3. The normalized spacial score (nSPS) is 20.7. The van der Waals surface area contributed by atoms with Gasteiger partial charge in [0.2, 0.25) is 0 Å². The van der Waals surface area contributed by atoms with Crippen molar-refractivity contribution >= 4 is 22.9 Å². The molecule has 0 radical (unpaired) electrons. The minimum atomic E-state index is -0.618. The van der Waals surface area contributed by atoms with Crippen LogP contribution in [-0.2, 0) is 32.2 Å². The lowest BCUT2D eigenvalue weighted by atomic mass is 9.98. The van der Waals surface area contributed by atoms with Gasteiger partial charge in [0.25, 0.3) is 5.91 Å². The van der Waals surface area contributed by atoms with Gasteiger partial charge >= 0.3 is 5.97 Å². The first kappa shape index (κ1) is 36.4. The Kier molecular flexibility index (Phi) is 10.9. The molecule has 0 spiro atoms. The van der Waals surface area contributed by atoms with Gasteiger partial charge in [0, 0.05) is 25.1 Å². The zero-order chi connectivity index (χ0) is 37.0. The number of hydrogen-bond acceptors (Lipinski definition) is 9. The van der Waals surface area contributed by atoms with Crippen LogP contribution in [0.15, 0.2) is 103 Å². The van der Waals surface area contributed by atoms with Crippen LogP contribution in [0.2, 0.25) is 0 Å². The number of fused-ring (bicyclic) bond motifs is 1. The van der Waals surface area contributed by atoms with E-state index in [9.17, 15) is 14.7 Å². The van der Waals surface area contributed by atoms with Crippen LogP contribution >= 0.6 is 0 Å². The van der Waals surface area contributed by atoms with Crippen molar-refractivity contribution in [1.82, 2.24) is 20.2 Å². The summed E-state index contributed by atoms with van der Waals surface area (Å²) >= 11 is 0. The van der Waals surface area contributed by atoms with E-state index in [1.807, 2.05) is 99.6 Å². The Morgan fingerprint density at radius 3 is 2.40 bits per heavy atom. The van der Waals surface area contributed by atoms with E-state index in [2.05, 4.69) is 38.4 Å². The van der Waals surface area contributed by atoms with Gasteiger partial charge in [0.15, 0.2) is 6.29 Å². The lowest BCUT2D eigenvalue weighted by Gasteiger charge is -2.38. The number of aliphatic hydroxyl groups is 1. The summed E-state index contributed by atoms with van der Waals surface area (Å²) in [5.74, 6) is -0.465. The zero-order valence-corrected chi connectivity index (χ0v) is 30.4. The predicted octanol–water partition coefficient (Wildman–Crippen LogP) is 7.07. The van der Waals surface area contributed by atoms with E-state index in [1.54, 1.807) is 0 Å². The van der Waals surface area contributed by atoms with Crippen LogP contribution in [-0.4, -0.2) is 62.7 Å². The third-order valence-corrected chi connectivity index (χ3v) is 9.67. The van der Waals surface area contributed by atoms with E-state index in [1.165, 1.54) is 6.20 Å². The number of aliphatic hydroxyl groups excluding tert-OH is 1. The highest BCUT2D eigenvalue weighted by atomic mass is 16.7. The molecule has 53 heavy (non-hydrogen) atoms. The van der Waals surface area contributed by atoms with Crippen LogP contribution in [0.4, 0.5) is 0 Å². The average Bonchev–Trinajstić information content (AvgIpc) is 3.64. The van der Waals surface area contributed by atoms with Crippen LogP contribution in [0.1, 0.15) is 85.2 Å². The quantitative estimate of drug-likeness (QED) is 0.146. The second-order valence-corrected chi connectivity index (χ2v) is 14.8. The number of nitrogens with zero attached hydrogens (tertiary/aromatic N) is 3. The second kappa shape index (κ2) is 15.9. The predicted molar refractivity (Wildman–Crippen MR) is 201 cm³/mol. The van der Waals surface area contributed by atoms with E-state index in [4.69, 9.17) is 14.2 Å². The maximum atomic E-state index is 13.1. The molecule has 1 aromatic heterocycles. The molecule has 2 aliphatic heterocycles. The molecule has 274 valence electrons. The maximum absolute atomic E-state index is 13.1. The Morgan fingerprint density at radius 1 is 0.887 bits per heavy atom. The van der Waals surface area contributed by atoms with Crippen molar-refractivity contribution in [3.05, 3.63) is 131 Å². The highest BCUT2D eigenvalue weighted by molar-refractivity contribution is 5.93. The van der Waals surface area contributed by atoms with Crippen LogP contribution < -0.4 is 5.32 Å². The SMILES string of the molecule is CC(C)(C)OC(=O)C1CCCN1CC1CC(c2ccc(CO)cc2)OC(c2ccc(-c3cccc(CNC(=O)c4cnc5ccccc5n4)c3)cc2)O1. The monoisotopic (exact) mass is 714 g/mol. The van der Waals surface area contributed by atoms with Crippen LogP contribution in [0.5, 0.6) is 0 Å². The van der Waals surface area contributed by atoms with Gasteiger partial charge < -0.3 is 24.6 Å². The topological polar surface area (TPSA) is 123 Å². The summed E-state index contributed by atoms with van der Waals surface area (Å²) in [7, 11) is 0. The average molecular weight is 715 g/mol. The number of carbonyl (C=O) groups is 2. The van der Waals surface area contributed by atoms with Crippen molar-refractivity contribution in [1.29, 1.82) is 0 Å². The lowest BCUT2D eigenvalue weighted by Crippen LogP contribution is -2.45. The number of ether oxygens (including phenoxy) is 3. The Morgan fingerprint density at radius 2 is 1.64 bits per heavy atom. The minimum absolute atomic E-state index is 0.0222. The number of amides is 1. The molecule has 2 N–H and O–H groups in total. The zero-order valence-electron chi connectivity index (χ0n) is 30.4. The largest absolute Gasteiger partial charge is 0.459 e. The number of benzene rings is 4. The van der Waals surface area contributed by atoms with Gasteiger partial charge in [-0.25, -0.2) is 4.98 Å². The van der Waals surface area contributed by atoms with Crippen LogP contribution in [0, 0.1) is 0 Å². The molecule has 3 heterocycles. The van der Waals surface area contributed by atoms with Gasteiger partial charge in [-0.15, -0.1) is 0 Å². The van der Waals surface area contributed by atoms with E-state index >= 15 is 0 Å². The molecule has 5 aromatic rings. The van der Waals surface area contributed by atoms with Crippen molar-refractivity contribution in [2.24, 2.45) is 0 Å². The molecule has 2 fully saturated rings. The number of hydrogen-bond donors (Lipinski definition) is 2. The molecule has 2 aliphatic rings. The van der Waals surface area contributed by atoms with Gasteiger partial charge in [0.1, 0.15) is 17.3 Å². The third kappa shape index (κ3) is 8.97. The molecule has 0 saturated carbocycles. The molecule has 4 aromatic carbocycles. The number of para-hydroxylation sites is 2. The first-order valence-corrected chi connectivity index (χ1v) is 18.3. The van der Waals surface area contributed by atoms with Crippen molar-refractivity contribution in [3.63, 3.8) is 0 Å². The lowest BCUT2D eigenvalue weighted by molar-refractivity contribution is -0.253. The summed E-state index contributed by atoms with van der Waals surface area (Å²) in [6.07, 6.45) is 2.78. The molecular weight excluding hydrogens is 668 g/mol. The number of carbonyl (C=O) groups excluding carboxylic acids is 2. The van der Waals surface area contributed by atoms with E-state index in [0.29, 0.717) is 25.0 Å². The Balaban J connectivity index is 1.04. The Hall–Kier alpha value is -5.00. The Bertz CT molecular complexity index is 2050. The third-order valence-electron chi connectivity index (χ3n) is 9.67. The molecular formula is C43H46N4O6. The molecule has 4 atom stereocenters. The molecule has 10 nitrogen and oxygen atoms in total. The molecule has 4 unspecified atom stereocenters. The summed E-state index contributed by atoms with van der Waals surface area (Å²) in [4.78, 5) is 37.0. The van der Waals surface area contributed by atoms with E-state index in [0.717, 1.165) is 58.3 Å². The van der Waals surface area contributed by atoms with Crippen LogP contribution in [0.3, 0.4) is 0 Å². The van der Waals surface area contributed by atoms with Gasteiger partial charge in [-0.05, 0) is 86.2 Å². The summed E-state index contributed by atoms with van der Waals surface area (Å²) in [6.45, 7) is 7.41. The Labute approximate surface area is 310 Å². The number of likely N-dealkylation sites (tertiary alicyclic amines) is 1. The summed E-state index contributed by atoms with van der Waals surface area (Å²) in [6, 6.07) is 31.3. The maximum Gasteiger partial charge on any atom is 0.323 e. The minimum Gasteiger partial charge on any atom is -0.459 e. The molecule has 0 aliphatic carbocycles.